The van der Waals surface area contributed by atoms with Gasteiger partial charge in [0.1, 0.15) is 0 Å². The van der Waals surface area contributed by atoms with Crippen LogP contribution in [0.2, 0.25) is 5.02 Å². The normalized spacial score (nSPS) is 10.8. The van der Waals surface area contributed by atoms with Crippen molar-refractivity contribution in [3.63, 3.8) is 0 Å². The quantitative estimate of drug-likeness (QED) is 0.878. The molecule has 0 spiro atoms. The van der Waals surface area contributed by atoms with Crippen molar-refractivity contribution in [1.82, 2.24) is 15.5 Å². The minimum atomic E-state index is 0.756. The molecule has 0 amide bonds. The first-order valence-electron chi connectivity index (χ1n) is 6.28. The van der Waals surface area contributed by atoms with E-state index in [1.54, 1.807) is 23.1 Å². The van der Waals surface area contributed by atoms with Crippen molar-refractivity contribution in [2.75, 3.05) is 25.5 Å². The lowest BCUT2D eigenvalue weighted by Gasteiger charge is -2.06. The molecule has 7 heteroatoms. The Labute approximate surface area is 132 Å². The predicted octanol–water partition coefficient (Wildman–Crippen LogP) is 3.52. The topological polar surface area (TPSA) is 41.1 Å². The third-order valence-electron chi connectivity index (χ3n) is 2.55. The van der Waals surface area contributed by atoms with Crippen LogP contribution in [-0.2, 0) is 6.54 Å². The van der Waals surface area contributed by atoms with Gasteiger partial charge in [-0.3, -0.25) is 0 Å². The minimum absolute atomic E-state index is 0.756. The standard InChI is InChI=1S/C13H17ClN4S2/c1-4-15-8-9-5-6-11(10(14)7-9)19-13-17-16-12(20-13)18(2)3/h5-7,15H,4,8H2,1-3H3. The molecule has 0 aliphatic heterocycles. The molecule has 0 fully saturated rings. The number of hydrogen-bond donors (Lipinski definition) is 1. The molecule has 0 bridgehead atoms. The molecule has 1 aromatic heterocycles. The number of benzene rings is 1. The smallest absolute Gasteiger partial charge is 0.208 e. The Morgan fingerprint density at radius 1 is 1.35 bits per heavy atom. The van der Waals surface area contributed by atoms with Gasteiger partial charge in [0.2, 0.25) is 5.13 Å². The van der Waals surface area contributed by atoms with Gasteiger partial charge in [-0.2, -0.15) is 0 Å². The maximum absolute atomic E-state index is 6.32. The number of aromatic nitrogens is 2. The highest BCUT2D eigenvalue weighted by Crippen LogP contribution is 2.36. The van der Waals surface area contributed by atoms with Crippen LogP contribution >= 0.6 is 34.7 Å². The van der Waals surface area contributed by atoms with Crippen LogP contribution in [0.5, 0.6) is 0 Å². The van der Waals surface area contributed by atoms with Gasteiger partial charge in [0.05, 0.1) is 5.02 Å². The molecule has 2 aromatic rings. The highest BCUT2D eigenvalue weighted by molar-refractivity contribution is 8.01. The van der Waals surface area contributed by atoms with Crippen LogP contribution in [0, 0.1) is 0 Å². The summed E-state index contributed by atoms with van der Waals surface area (Å²) >= 11 is 9.43. The van der Waals surface area contributed by atoms with E-state index in [9.17, 15) is 0 Å². The summed E-state index contributed by atoms with van der Waals surface area (Å²) in [6.45, 7) is 3.88. The number of hydrogen-bond acceptors (Lipinski definition) is 6. The lowest BCUT2D eigenvalue weighted by molar-refractivity contribution is 0.726. The van der Waals surface area contributed by atoms with Crippen LogP contribution < -0.4 is 10.2 Å². The Morgan fingerprint density at radius 3 is 2.75 bits per heavy atom. The fraction of sp³-hybridized carbons (Fsp3) is 0.385. The molecule has 20 heavy (non-hydrogen) atoms. The summed E-state index contributed by atoms with van der Waals surface area (Å²) in [5.41, 5.74) is 1.19. The van der Waals surface area contributed by atoms with Crippen LogP contribution in [0.4, 0.5) is 5.13 Å². The van der Waals surface area contributed by atoms with Crippen molar-refractivity contribution in [2.24, 2.45) is 0 Å². The second kappa shape index (κ2) is 7.26. The van der Waals surface area contributed by atoms with Gasteiger partial charge in [-0.05, 0) is 24.2 Å². The SMILES string of the molecule is CCNCc1ccc(Sc2nnc(N(C)C)s2)c(Cl)c1. The number of rotatable bonds is 6. The average molecular weight is 329 g/mol. The Kier molecular flexibility index (Phi) is 5.65. The van der Waals surface area contributed by atoms with E-state index in [0.717, 1.165) is 32.5 Å². The first kappa shape index (κ1) is 15.6. The van der Waals surface area contributed by atoms with Gasteiger partial charge >= 0.3 is 0 Å². The van der Waals surface area contributed by atoms with Gasteiger partial charge in [-0.1, -0.05) is 47.7 Å². The highest BCUT2D eigenvalue weighted by atomic mass is 35.5. The van der Waals surface area contributed by atoms with E-state index in [0.29, 0.717) is 0 Å². The largest absolute Gasteiger partial charge is 0.353 e. The Hall–Kier alpha value is -0.820. The lowest BCUT2D eigenvalue weighted by Crippen LogP contribution is -2.11. The molecule has 1 heterocycles. The molecule has 2 rings (SSSR count). The van der Waals surface area contributed by atoms with E-state index in [2.05, 4.69) is 28.5 Å². The number of nitrogens with one attached hydrogen (secondary N) is 1. The van der Waals surface area contributed by atoms with Gasteiger partial charge in [0.25, 0.3) is 0 Å². The van der Waals surface area contributed by atoms with Crippen molar-refractivity contribution in [1.29, 1.82) is 0 Å². The molecule has 4 nitrogen and oxygen atoms in total. The average Bonchev–Trinajstić information content (AvgIpc) is 2.88. The second-order valence-corrected chi connectivity index (χ2v) is 7.04. The van der Waals surface area contributed by atoms with Gasteiger partial charge in [-0.15, -0.1) is 10.2 Å². The van der Waals surface area contributed by atoms with Gasteiger partial charge in [-0.25, -0.2) is 0 Å². The fourth-order valence-electron chi connectivity index (χ4n) is 1.52. The molecule has 0 unspecified atom stereocenters. The van der Waals surface area contributed by atoms with Crippen LogP contribution in [0.25, 0.3) is 0 Å². The number of anilines is 1. The molecular formula is C13H17ClN4S2. The number of halogens is 1. The summed E-state index contributed by atoms with van der Waals surface area (Å²) in [6.07, 6.45) is 0. The van der Waals surface area contributed by atoms with E-state index in [1.807, 2.05) is 31.1 Å². The van der Waals surface area contributed by atoms with Gasteiger partial charge < -0.3 is 10.2 Å². The van der Waals surface area contributed by atoms with Crippen molar-refractivity contribution in [3.05, 3.63) is 28.8 Å². The molecule has 0 saturated heterocycles. The Bertz CT molecular complexity index is 571. The molecule has 0 atom stereocenters. The Balaban J connectivity index is 2.08. The van der Waals surface area contributed by atoms with Crippen LogP contribution in [0.1, 0.15) is 12.5 Å². The summed E-state index contributed by atoms with van der Waals surface area (Å²) in [6, 6.07) is 6.13. The maximum atomic E-state index is 6.32. The van der Waals surface area contributed by atoms with Crippen molar-refractivity contribution in [3.8, 4) is 0 Å². The van der Waals surface area contributed by atoms with Crippen molar-refractivity contribution >= 4 is 39.8 Å². The molecular weight excluding hydrogens is 312 g/mol. The third kappa shape index (κ3) is 4.09. The molecule has 1 N–H and O–H groups in total. The summed E-state index contributed by atoms with van der Waals surface area (Å²) in [7, 11) is 3.91. The van der Waals surface area contributed by atoms with Crippen LogP contribution in [0.3, 0.4) is 0 Å². The predicted molar refractivity (Wildman–Crippen MR) is 87.2 cm³/mol. The minimum Gasteiger partial charge on any atom is -0.353 e. The van der Waals surface area contributed by atoms with E-state index >= 15 is 0 Å². The zero-order chi connectivity index (χ0) is 14.5. The monoisotopic (exact) mass is 328 g/mol. The van der Waals surface area contributed by atoms with Crippen LogP contribution in [-0.4, -0.2) is 30.8 Å². The summed E-state index contributed by atoms with van der Waals surface area (Å²) in [5, 5.41) is 13.2. The maximum Gasteiger partial charge on any atom is 0.208 e. The van der Waals surface area contributed by atoms with E-state index < -0.39 is 0 Å². The molecule has 0 aliphatic carbocycles. The molecule has 108 valence electrons. The van der Waals surface area contributed by atoms with Gasteiger partial charge in [0.15, 0.2) is 4.34 Å². The summed E-state index contributed by atoms with van der Waals surface area (Å²) in [4.78, 5) is 2.96. The molecule has 0 aliphatic rings. The summed E-state index contributed by atoms with van der Waals surface area (Å²) in [5.74, 6) is 0. The molecule has 0 radical (unpaired) electrons. The molecule has 0 saturated carbocycles. The third-order valence-corrected chi connectivity index (χ3v) is 5.19. The highest BCUT2D eigenvalue weighted by Gasteiger charge is 2.10. The van der Waals surface area contributed by atoms with E-state index in [4.69, 9.17) is 11.6 Å². The number of nitrogens with zero attached hydrogens (tertiary/aromatic N) is 3. The lowest BCUT2D eigenvalue weighted by atomic mass is 10.2. The van der Waals surface area contributed by atoms with Crippen LogP contribution in [0.15, 0.2) is 27.4 Å². The second-order valence-electron chi connectivity index (χ2n) is 4.39. The van der Waals surface area contributed by atoms with Crippen molar-refractivity contribution in [2.45, 2.75) is 22.7 Å². The van der Waals surface area contributed by atoms with Crippen molar-refractivity contribution < 1.29 is 0 Å². The van der Waals surface area contributed by atoms with E-state index in [1.165, 1.54) is 5.56 Å². The Morgan fingerprint density at radius 2 is 2.15 bits per heavy atom. The summed E-state index contributed by atoms with van der Waals surface area (Å²) < 4.78 is 0.898. The fourth-order valence-corrected chi connectivity index (χ4v) is 3.57. The first-order valence-corrected chi connectivity index (χ1v) is 8.29. The van der Waals surface area contributed by atoms with Gasteiger partial charge in [0, 0.05) is 25.5 Å². The zero-order valence-electron chi connectivity index (χ0n) is 11.7. The molecule has 1 aromatic carbocycles. The first-order chi connectivity index (χ1) is 9.60. The zero-order valence-corrected chi connectivity index (χ0v) is 14.1. The van der Waals surface area contributed by atoms with E-state index in [-0.39, 0.29) is 0 Å².